The smallest absolute Gasteiger partial charge is 0.225 e. The molecule has 3 aromatic heterocycles. The fourth-order valence-electron chi connectivity index (χ4n) is 3.48. The van der Waals surface area contributed by atoms with E-state index < -0.39 is 0 Å². The molecule has 1 aliphatic heterocycles. The van der Waals surface area contributed by atoms with Crippen molar-refractivity contribution in [2.24, 2.45) is 5.92 Å². The molecule has 0 radical (unpaired) electrons. The summed E-state index contributed by atoms with van der Waals surface area (Å²) in [6, 6.07) is 0. The van der Waals surface area contributed by atoms with E-state index in [4.69, 9.17) is 9.51 Å². The molecule has 4 rings (SSSR count). The minimum atomic E-state index is -0.276. The molecule has 8 nitrogen and oxygen atoms in total. The average Bonchev–Trinajstić information content (AvgIpc) is 3.02. The van der Waals surface area contributed by atoms with Crippen LogP contribution >= 0.6 is 0 Å². The van der Waals surface area contributed by atoms with Crippen LogP contribution in [0.2, 0.25) is 0 Å². The third-order valence-corrected chi connectivity index (χ3v) is 5.03. The Bertz CT molecular complexity index is 923. The van der Waals surface area contributed by atoms with Gasteiger partial charge >= 0.3 is 0 Å². The normalized spacial score (nSPS) is 20.1. The highest BCUT2D eigenvalue weighted by Crippen LogP contribution is 2.34. The Morgan fingerprint density at radius 1 is 1.19 bits per heavy atom. The lowest BCUT2D eigenvalue weighted by Crippen LogP contribution is -2.42. The molecule has 140 valence electrons. The standard InChI is InChI=1S/C19H22N6O2/c1-11-10-25(7-4-16(11)26)19-22-8-14(15-9-20-5-6-21-15)18(23-19)17-12(2)24-27-13(17)3/h5-6,8-9,11,16,26H,4,7,10H2,1-3H3. The van der Waals surface area contributed by atoms with Crippen LogP contribution < -0.4 is 4.90 Å². The van der Waals surface area contributed by atoms with E-state index in [0.717, 1.165) is 29.1 Å². The predicted molar refractivity (Wildman–Crippen MR) is 100 cm³/mol. The number of piperidine rings is 1. The van der Waals surface area contributed by atoms with Crippen molar-refractivity contribution in [2.45, 2.75) is 33.3 Å². The van der Waals surface area contributed by atoms with Gasteiger partial charge in [0.25, 0.3) is 0 Å². The minimum absolute atomic E-state index is 0.171. The second-order valence-corrected chi connectivity index (χ2v) is 7.00. The van der Waals surface area contributed by atoms with E-state index in [1.165, 1.54) is 0 Å². The Labute approximate surface area is 157 Å². The summed E-state index contributed by atoms with van der Waals surface area (Å²) in [6.07, 6.45) is 7.19. The van der Waals surface area contributed by atoms with Crippen LogP contribution in [-0.4, -0.2) is 49.4 Å². The van der Waals surface area contributed by atoms with Gasteiger partial charge in [0, 0.05) is 37.2 Å². The molecule has 2 atom stereocenters. The zero-order valence-electron chi connectivity index (χ0n) is 15.6. The van der Waals surface area contributed by atoms with Crippen molar-refractivity contribution in [1.82, 2.24) is 25.1 Å². The molecule has 4 heterocycles. The Morgan fingerprint density at radius 2 is 2.04 bits per heavy atom. The van der Waals surface area contributed by atoms with Gasteiger partial charge in [-0.05, 0) is 26.2 Å². The van der Waals surface area contributed by atoms with Gasteiger partial charge in [-0.1, -0.05) is 12.1 Å². The van der Waals surface area contributed by atoms with Crippen LogP contribution in [-0.2, 0) is 0 Å². The molecule has 0 amide bonds. The lowest BCUT2D eigenvalue weighted by molar-refractivity contribution is 0.0966. The Kier molecular flexibility index (Phi) is 4.57. The van der Waals surface area contributed by atoms with E-state index in [-0.39, 0.29) is 12.0 Å². The van der Waals surface area contributed by atoms with E-state index in [9.17, 15) is 5.11 Å². The quantitative estimate of drug-likeness (QED) is 0.754. The van der Waals surface area contributed by atoms with Crippen LogP contribution in [0.5, 0.6) is 0 Å². The van der Waals surface area contributed by atoms with Gasteiger partial charge in [-0.25, -0.2) is 9.97 Å². The van der Waals surface area contributed by atoms with Crippen molar-refractivity contribution in [1.29, 1.82) is 0 Å². The molecule has 0 bridgehead atoms. The third-order valence-electron chi connectivity index (χ3n) is 5.03. The van der Waals surface area contributed by atoms with E-state index >= 15 is 0 Å². The predicted octanol–water partition coefficient (Wildman–Crippen LogP) is 2.41. The van der Waals surface area contributed by atoms with E-state index in [1.807, 2.05) is 20.8 Å². The van der Waals surface area contributed by atoms with Gasteiger partial charge < -0.3 is 14.5 Å². The third kappa shape index (κ3) is 3.28. The molecule has 1 fully saturated rings. The van der Waals surface area contributed by atoms with Crippen LogP contribution in [0.1, 0.15) is 24.8 Å². The highest BCUT2D eigenvalue weighted by atomic mass is 16.5. The summed E-state index contributed by atoms with van der Waals surface area (Å²) in [6.45, 7) is 7.24. The number of hydrogen-bond acceptors (Lipinski definition) is 8. The summed E-state index contributed by atoms with van der Waals surface area (Å²) in [5, 5.41) is 14.1. The number of nitrogens with zero attached hydrogens (tertiary/aromatic N) is 6. The summed E-state index contributed by atoms with van der Waals surface area (Å²) in [7, 11) is 0. The summed E-state index contributed by atoms with van der Waals surface area (Å²) >= 11 is 0. The lowest BCUT2D eigenvalue weighted by Gasteiger charge is -2.34. The maximum Gasteiger partial charge on any atom is 0.225 e. The van der Waals surface area contributed by atoms with Gasteiger partial charge in [0.2, 0.25) is 5.95 Å². The van der Waals surface area contributed by atoms with E-state index in [0.29, 0.717) is 30.4 Å². The number of aliphatic hydroxyl groups is 1. The monoisotopic (exact) mass is 366 g/mol. The van der Waals surface area contributed by atoms with Gasteiger partial charge in [-0.15, -0.1) is 0 Å². The molecule has 0 aliphatic carbocycles. The first kappa shape index (κ1) is 17.5. The molecule has 0 saturated carbocycles. The lowest BCUT2D eigenvalue weighted by atomic mass is 9.97. The van der Waals surface area contributed by atoms with Crippen molar-refractivity contribution < 1.29 is 9.63 Å². The number of aliphatic hydroxyl groups excluding tert-OH is 1. The first-order valence-electron chi connectivity index (χ1n) is 9.04. The SMILES string of the molecule is Cc1noc(C)c1-c1nc(N2CCC(O)C(C)C2)ncc1-c1cnccn1. The topological polar surface area (TPSA) is 101 Å². The largest absolute Gasteiger partial charge is 0.393 e. The molecule has 1 N–H and O–H groups in total. The number of hydrogen-bond donors (Lipinski definition) is 1. The molecule has 27 heavy (non-hydrogen) atoms. The number of aromatic nitrogens is 5. The maximum absolute atomic E-state index is 10.0. The summed E-state index contributed by atoms with van der Waals surface area (Å²) in [4.78, 5) is 20.1. The van der Waals surface area contributed by atoms with Gasteiger partial charge in [0.15, 0.2) is 0 Å². The maximum atomic E-state index is 10.0. The number of anilines is 1. The zero-order valence-corrected chi connectivity index (χ0v) is 15.6. The van der Waals surface area contributed by atoms with E-state index in [2.05, 4.69) is 25.0 Å². The molecule has 0 aromatic carbocycles. The fourth-order valence-corrected chi connectivity index (χ4v) is 3.48. The second kappa shape index (κ2) is 7.03. The van der Waals surface area contributed by atoms with Gasteiger partial charge in [-0.2, -0.15) is 0 Å². The Balaban J connectivity index is 1.82. The Hall–Kier alpha value is -2.87. The zero-order chi connectivity index (χ0) is 19.0. The van der Waals surface area contributed by atoms with Crippen LogP contribution in [0, 0.1) is 19.8 Å². The van der Waals surface area contributed by atoms with Crippen LogP contribution in [0.25, 0.3) is 22.5 Å². The summed E-state index contributed by atoms with van der Waals surface area (Å²) in [5.41, 5.74) is 3.83. The van der Waals surface area contributed by atoms with Gasteiger partial charge in [0.1, 0.15) is 5.76 Å². The van der Waals surface area contributed by atoms with Crippen LogP contribution in [0.15, 0.2) is 29.3 Å². The van der Waals surface area contributed by atoms with Crippen molar-refractivity contribution in [3.63, 3.8) is 0 Å². The fraction of sp³-hybridized carbons (Fsp3) is 0.421. The molecule has 1 saturated heterocycles. The van der Waals surface area contributed by atoms with Gasteiger partial charge in [-0.3, -0.25) is 9.97 Å². The minimum Gasteiger partial charge on any atom is -0.393 e. The van der Waals surface area contributed by atoms with E-state index in [1.54, 1.807) is 24.8 Å². The summed E-state index contributed by atoms with van der Waals surface area (Å²) in [5.74, 6) is 1.51. The Morgan fingerprint density at radius 3 is 2.70 bits per heavy atom. The van der Waals surface area contributed by atoms with Crippen molar-refractivity contribution in [3.05, 3.63) is 36.2 Å². The highest BCUT2D eigenvalue weighted by molar-refractivity contribution is 5.80. The molecule has 2 unspecified atom stereocenters. The molecule has 3 aromatic rings. The molecular weight excluding hydrogens is 344 g/mol. The molecule has 0 spiro atoms. The molecule has 1 aliphatic rings. The summed E-state index contributed by atoms with van der Waals surface area (Å²) < 4.78 is 5.36. The first-order valence-corrected chi connectivity index (χ1v) is 9.04. The first-order chi connectivity index (χ1) is 13.0. The van der Waals surface area contributed by atoms with Crippen LogP contribution in [0.4, 0.5) is 5.95 Å². The molecular formula is C19H22N6O2. The van der Waals surface area contributed by atoms with Crippen molar-refractivity contribution in [3.8, 4) is 22.5 Å². The second-order valence-electron chi connectivity index (χ2n) is 7.00. The highest BCUT2D eigenvalue weighted by Gasteiger charge is 2.27. The van der Waals surface area contributed by atoms with Crippen LogP contribution in [0.3, 0.4) is 0 Å². The van der Waals surface area contributed by atoms with Crippen molar-refractivity contribution in [2.75, 3.05) is 18.0 Å². The van der Waals surface area contributed by atoms with Crippen molar-refractivity contribution >= 4 is 5.95 Å². The number of rotatable bonds is 3. The molecule has 8 heteroatoms. The number of aryl methyl sites for hydroxylation is 2. The average molecular weight is 366 g/mol. The van der Waals surface area contributed by atoms with Gasteiger partial charge in [0.05, 0.1) is 34.9 Å².